The number of piperazine rings is 1. The lowest BCUT2D eigenvalue weighted by Crippen LogP contribution is -2.64. The van der Waals surface area contributed by atoms with Gasteiger partial charge in [0.25, 0.3) is 0 Å². The van der Waals surface area contributed by atoms with Crippen LogP contribution in [0.5, 0.6) is 0 Å². The molecule has 0 aromatic heterocycles. The van der Waals surface area contributed by atoms with Crippen LogP contribution in [0.15, 0.2) is 0 Å². The van der Waals surface area contributed by atoms with Crippen LogP contribution in [0.4, 0.5) is 9.59 Å². The van der Waals surface area contributed by atoms with Crippen LogP contribution in [0.3, 0.4) is 0 Å². The average molecular weight is 517 g/mol. The van der Waals surface area contributed by atoms with Gasteiger partial charge in [-0.15, -0.1) is 0 Å². The highest BCUT2D eigenvalue weighted by Gasteiger charge is 2.35. The highest BCUT2D eigenvalue weighted by atomic mass is 16.6. The first kappa shape index (κ1) is 30.5. The maximum Gasteiger partial charge on any atom is 0.407 e. The minimum absolute atomic E-state index is 0.0301. The largest absolute Gasteiger partial charge is 0.463 e. The van der Waals surface area contributed by atoms with Crippen molar-refractivity contribution in [2.75, 3.05) is 26.3 Å². The third-order valence-electron chi connectivity index (χ3n) is 4.08. The second-order valence-electron chi connectivity index (χ2n) is 9.85. The Kier molecular flexibility index (Phi) is 11.4. The maximum atomic E-state index is 12.2. The van der Waals surface area contributed by atoms with Gasteiger partial charge in [-0.05, 0) is 41.5 Å². The number of ether oxygens (including phenoxy) is 4. The van der Waals surface area contributed by atoms with Gasteiger partial charge in [0.05, 0.1) is 12.8 Å². The fraction of sp³-hybridized carbons (Fsp3) is 0.727. The summed E-state index contributed by atoms with van der Waals surface area (Å²) >= 11 is 0. The van der Waals surface area contributed by atoms with Crippen LogP contribution in [0.2, 0.25) is 0 Å². The van der Waals surface area contributed by atoms with E-state index in [9.17, 15) is 28.8 Å². The summed E-state index contributed by atoms with van der Waals surface area (Å²) in [7, 11) is 0. The van der Waals surface area contributed by atoms with E-state index in [0.717, 1.165) is 0 Å². The third kappa shape index (κ3) is 13.3. The Labute approximate surface area is 209 Å². The van der Waals surface area contributed by atoms with Crippen molar-refractivity contribution in [3.8, 4) is 0 Å². The molecule has 14 nitrogen and oxygen atoms in total. The van der Waals surface area contributed by atoms with E-state index in [0.29, 0.717) is 0 Å². The molecule has 4 N–H and O–H groups in total. The lowest BCUT2D eigenvalue weighted by Gasteiger charge is -2.29. The molecule has 36 heavy (non-hydrogen) atoms. The van der Waals surface area contributed by atoms with Crippen molar-refractivity contribution in [2.24, 2.45) is 0 Å². The minimum Gasteiger partial charge on any atom is -0.463 e. The van der Waals surface area contributed by atoms with Crippen molar-refractivity contribution in [1.29, 1.82) is 0 Å². The minimum atomic E-state index is -1.12. The molecule has 0 spiro atoms. The molecule has 0 radical (unpaired) electrons. The normalized spacial score (nSPS) is 17.7. The van der Waals surface area contributed by atoms with E-state index >= 15 is 0 Å². The van der Waals surface area contributed by atoms with Crippen molar-refractivity contribution < 1.29 is 47.7 Å². The van der Waals surface area contributed by atoms with E-state index in [-0.39, 0.29) is 25.9 Å². The number of esters is 2. The molecule has 1 heterocycles. The van der Waals surface area contributed by atoms with E-state index in [2.05, 4.69) is 21.3 Å². The molecule has 1 rings (SSSR count). The summed E-state index contributed by atoms with van der Waals surface area (Å²) < 4.78 is 20.0. The molecule has 0 aromatic carbocycles. The van der Waals surface area contributed by atoms with E-state index in [1.165, 1.54) is 0 Å². The topological polar surface area (TPSA) is 187 Å². The molecule has 1 aliphatic rings. The molecule has 0 unspecified atom stereocenters. The molecule has 1 aliphatic heterocycles. The molecule has 1 fully saturated rings. The summed E-state index contributed by atoms with van der Waals surface area (Å²) in [6.07, 6.45) is -1.69. The first-order valence-electron chi connectivity index (χ1n) is 11.4. The molecular weight excluding hydrogens is 480 g/mol. The van der Waals surface area contributed by atoms with Gasteiger partial charge in [0.2, 0.25) is 11.8 Å². The molecular formula is C22H36N4O10. The highest BCUT2D eigenvalue weighted by molar-refractivity contribution is 5.97. The Morgan fingerprint density at radius 1 is 0.694 bits per heavy atom. The zero-order valence-corrected chi connectivity index (χ0v) is 21.5. The monoisotopic (exact) mass is 516 g/mol. The summed E-state index contributed by atoms with van der Waals surface area (Å²) in [5.41, 5.74) is -1.35. The second kappa shape index (κ2) is 13.5. The molecule has 1 saturated heterocycles. The average Bonchev–Trinajstić information content (AvgIpc) is 2.70. The van der Waals surface area contributed by atoms with E-state index in [4.69, 9.17) is 18.9 Å². The van der Waals surface area contributed by atoms with Gasteiger partial charge in [0.15, 0.2) is 0 Å². The van der Waals surface area contributed by atoms with Gasteiger partial charge in [-0.25, -0.2) is 9.59 Å². The van der Waals surface area contributed by atoms with Crippen LogP contribution in [-0.4, -0.2) is 85.5 Å². The number of carbonyl (C=O) groups is 6. The molecule has 204 valence electrons. The summed E-state index contributed by atoms with van der Waals surface area (Å²) in [5, 5.41) is 9.59. The van der Waals surface area contributed by atoms with Gasteiger partial charge >= 0.3 is 24.1 Å². The quantitative estimate of drug-likeness (QED) is 0.225. The smallest absolute Gasteiger partial charge is 0.407 e. The van der Waals surface area contributed by atoms with Crippen molar-refractivity contribution in [3.63, 3.8) is 0 Å². The van der Waals surface area contributed by atoms with Crippen LogP contribution in [0, 0.1) is 0 Å². The first-order chi connectivity index (χ1) is 16.6. The molecule has 14 heteroatoms. The summed E-state index contributed by atoms with van der Waals surface area (Å²) in [6, 6.07) is -2.24. The first-order valence-corrected chi connectivity index (χ1v) is 11.4. The second-order valence-corrected chi connectivity index (χ2v) is 9.85. The Bertz CT molecular complexity index is 764. The Hall–Kier alpha value is -3.58. The number of rotatable bonds is 10. The van der Waals surface area contributed by atoms with Crippen LogP contribution >= 0.6 is 0 Å². The molecule has 0 saturated carbocycles. The van der Waals surface area contributed by atoms with E-state index in [1.807, 2.05) is 0 Å². The van der Waals surface area contributed by atoms with Crippen LogP contribution in [0.25, 0.3) is 0 Å². The van der Waals surface area contributed by atoms with E-state index < -0.39 is 72.4 Å². The SMILES string of the molecule is CC(C)(C)OC(=O)NCCC(=O)OC[C@@H]1NC(=O)[C@H](COC(=O)CCNC(=O)OC(C)(C)C)NC1=O. The van der Waals surface area contributed by atoms with Gasteiger partial charge in [-0.2, -0.15) is 0 Å². The van der Waals surface area contributed by atoms with Crippen molar-refractivity contribution in [1.82, 2.24) is 21.3 Å². The molecule has 4 amide bonds. The summed E-state index contributed by atoms with van der Waals surface area (Å²) in [4.78, 5) is 71.2. The molecule has 0 bridgehead atoms. The summed E-state index contributed by atoms with van der Waals surface area (Å²) in [6.45, 7) is 9.32. The molecule has 0 aromatic rings. The zero-order valence-electron chi connectivity index (χ0n) is 21.5. The number of amides is 4. The lowest BCUT2D eigenvalue weighted by atomic mass is 10.1. The third-order valence-corrected chi connectivity index (χ3v) is 4.08. The summed E-state index contributed by atoms with van der Waals surface area (Å²) in [5.74, 6) is -2.63. The fourth-order valence-corrected chi connectivity index (χ4v) is 2.57. The fourth-order valence-electron chi connectivity index (χ4n) is 2.57. The highest BCUT2D eigenvalue weighted by Crippen LogP contribution is 2.07. The number of nitrogens with one attached hydrogen (secondary N) is 4. The maximum absolute atomic E-state index is 12.2. The standard InChI is InChI=1S/C22H36N4O10/c1-21(2,3)35-19(31)23-9-7-15(27)33-11-13-17(29)26-14(18(30)25-13)12-34-16(28)8-10-24-20(32)36-22(4,5)6/h13-14H,7-12H2,1-6H3,(H,23,31)(H,24,32)(H,25,30)(H,26,29)/t13-,14-/m0/s1. The van der Waals surface area contributed by atoms with Crippen LogP contribution < -0.4 is 21.3 Å². The number of alkyl carbamates (subject to hydrolysis) is 2. The molecule has 0 aliphatic carbocycles. The van der Waals surface area contributed by atoms with Crippen molar-refractivity contribution in [3.05, 3.63) is 0 Å². The van der Waals surface area contributed by atoms with Gasteiger partial charge < -0.3 is 40.2 Å². The zero-order chi connectivity index (χ0) is 27.5. The van der Waals surface area contributed by atoms with Gasteiger partial charge in [0.1, 0.15) is 36.5 Å². The Balaban J connectivity index is 2.28. The van der Waals surface area contributed by atoms with Crippen molar-refractivity contribution in [2.45, 2.75) is 77.7 Å². The molecule has 2 atom stereocenters. The number of hydrogen-bond acceptors (Lipinski definition) is 10. The predicted octanol–water partition coefficient (Wildman–Crippen LogP) is -0.114. The van der Waals surface area contributed by atoms with Crippen molar-refractivity contribution >= 4 is 35.9 Å². The predicted molar refractivity (Wildman–Crippen MR) is 123 cm³/mol. The van der Waals surface area contributed by atoms with Gasteiger partial charge in [-0.3, -0.25) is 19.2 Å². The number of carbonyl (C=O) groups excluding carboxylic acids is 6. The van der Waals surface area contributed by atoms with Gasteiger partial charge in [0, 0.05) is 13.1 Å². The Morgan fingerprint density at radius 2 is 1.03 bits per heavy atom. The van der Waals surface area contributed by atoms with Crippen LogP contribution in [0.1, 0.15) is 54.4 Å². The van der Waals surface area contributed by atoms with Gasteiger partial charge in [-0.1, -0.05) is 0 Å². The Morgan fingerprint density at radius 3 is 1.33 bits per heavy atom. The lowest BCUT2D eigenvalue weighted by molar-refractivity contribution is -0.151. The van der Waals surface area contributed by atoms with Crippen LogP contribution in [-0.2, 0) is 38.1 Å². The number of hydrogen-bond donors (Lipinski definition) is 4. The van der Waals surface area contributed by atoms with E-state index in [1.54, 1.807) is 41.5 Å².